The lowest BCUT2D eigenvalue weighted by Crippen LogP contribution is -1.96. The van der Waals surface area contributed by atoms with Gasteiger partial charge in [0, 0.05) is 19.1 Å². The van der Waals surface area contributed by atoms with Gasteiger partial charge < -0.3 is 5.32 Å². The van der Waals surface area contributed by atoms with E-state index in [9.17, 15) is 0 Å². The maximum atomic E-state index is 4.33. The van der Waals surface area contributed by atoms with E-state index >= 15 is 0 Å². The second kappa shape index (κ2) is 5.42. The Morgan fingerprint density at radius 1 is 1.05 bits per heavy atom. The first-order valence-electron chi connectivity index (χ1n) is 5.65. The molecule has 0 saturated carbocycles. The van der Waals surface area contributed by atoms with Gasteiger partial charge in [-0.25, -0.2) is 9.97 Å². The van der Waals surface area contributed by atoms with Crippen LogP contribution in [0, 0.1) is 3.57 Å². The number of benzene rings is 2. The van der Waals surface area contributed by atoms with Crippen molar-refractivity contribution in [1.29, 1.82) is 0 Å². The molecule has 1 aromatic heterocycles. The van der Waals surface area contributed by atoms with Crippen molar-refractivity contribution < 1.29 is 0 Å². The molecule has 5 heteroatoms. The SMILES string of the molecule is Brc1cccc(Nc2ncnc3ccc(I)cc23)c1. The number of nitrogens with zero attached hydrogens (tertiary/aromatic N) is 2. The Hall–Kier alpha value is -1.21. The highest BCUT2D eigenvalue weighted by Crippen LogP contribution is 2.25. The summed E-state index contributed by atoms with van der Waals surface area (Å²) in [6.45, 7) is 0. The topological polar surface area (TPSA) is 37.8 Å². The molecule has 0 aliphatic rings. The van der Waals surface area contributed by atoms with Gasteiger partial charge in [-0.15, -0.1) is 0 Å². The normalized spacial score (nSPS) is 10.6. The van der Waals surface area contributed by atoms with Crippen LogP contribution in [0.5, 0.6) is 0 Å². The van der Waals surface area contributed by atoms with Gasteiger partial charge in [0.2, 0.25) is 0 Å². The Morgan fingerprint density at radius 2 is 1.95 bits per heavy atom. The van der Waals surface area contributed by atoms with E-state index < -0.39 is 0 Å². The number of anilines is 2. The number of rotatable bonds is 2. The predicted octanol–water partition coefficient (Wildman–Crippen LogP) is 4.74. The lowest BCUT2D eigenvalue weighted by atomic mass is 10.2. The van der Waals surface area contributed by atoms with Crippen molar-refractivity contribution in [3.8, 4) is 0 Å². The van der Waals surface area contributed by atoms with Crippen LogP contribution >= 0.6 is 38.5 Å². The van der Waals surface area contributed by atoms with Gasteiger partial charge >= 0.3 is 0 Å². The minimum absolute atomic E-state index is 0.821. The fraction of sp³-hybridized carbons (Fsp3) is 0. The number of fused-ring (bicyclic) bond motifs is 1. The summed E-state index contributed by atoms with van der Waals surface area (Å²) in [6, 6.07) is 14.1. The van der Waals surface area contributed by atoms with Crippen LogP contribution in [0.4, 0.5) is 11.5 Å². The molecule has 3 nitrogen and oxygen atoms in total. The number of nitrogens with one attached hydrogen (secondary N) is 1. The number of aromatic nitrogens is 2. The third-order valence-corrected chi connectivity index (χ3v) is 3.85. The van der Waals surface area contributed by atoms with Crippen molar-refractivity contribution in [3.63, 3.8) is 0 Å². The zero-order valence-corrected chi connectivity index (χ0v) is 13.5. The van der Waals surface area contributed by atoms with Crippen molar-refractivity contribution in [3.05, 3.63) is 56.8 Å². The van der Waals surface area contributed by atoms with E-state index in [4.69, 9.17) is 0 Å². The molecule has 3 rings (SSSR count). The van der Waals surface area contributed by atoms with Crippen LogP contribution in [0.3, 0.4) is 0 Å². The molecule has 1 N–H and O–H groups in total. The van der Waals surface area contributed by atoms with Crippen LogP contribution in [0.2, 0.25) is 0 Å². The summed E-state index contributed by atoms with van der Waals surface area (Å²) in [6.07, 6.45) is 1.58. The standard InChI is InChI=1S/C14H9BrIN3/c15-9-2-1-3-11(6-9)19-14-12-7-10(16)4-5-13(12)17-8-18-14/h1-8H,(H,17,18,19). The quantitative estimate of drug-likeness (QED) is 0.602. The third kappa shape index (κ3) is 2.87. The third-order valence-electron chi connectivity index (χ3n) is 2.68. The second-order valence-corrected chi connectivity index (χ2v) is 6.18. The van der Waals surface area contributed by atoms with Crippen molar-refractivity contribution in [2.75, 3.05) is 5.32 Å². The van der Waals surface area contributed by atoms with E-state index in [-0.39, 0.29) is 0 Å². The lowest BCUT2D eigenvalue weighted by Gasteiger charge is -2.08. The van der Waals surface area contributed by atoms with Crippen molar-refractivity contribution in [2.45, 2.75) is 0 Å². The van der Waals surface area contributed by atoms with Gasteiger partial charge in [-0.2, -0.15) is 0 Å². The van der Waals surface area contributed by atoms with Gasteiger partial charge in [0.25, 0.3) is 0 Å². The summed E-state index contributed by atoms with van der Waals surface area (Å²) in [5, 5.41) is 4.35. The Balaban J connectivity index is 2.07. The zero-order chi connectivity index (χ0) is 13.2. The molecule has 19 heavy (non-hydrogen) atoms. The molecular weight excluding hydrogens is 417 g/mol. The van der Waals surface area contributed by atoms with Crippen LogP contribution in [0.1, 0.15) is 0 Å². The fourth-order valence-electron chi connectivity index (χ4n) is 1.83. The lowest BCUT2D eigenvalue weighted by molar-refractivity contribution is 1.22. The molecule has 0 atom stereocenters. The first kappa shape index (κ1) is 12.8. The van der Waals surface area contributed by atoms with Crippen LogP contribution in [-0.2, 0) is 0 Å². The Bertz CT molecular complexity index is 746. The Morgan fingerprint density at radius 3 is 2.79 bits per heavy atom. The smallest absolute Gasteiger partial charge is 0.141 e. The van der Waals surface area contributed by atoms with Crippen LogP contribution < -0.4 is 5.32 Å². The minimum atomic E-state index is 0.821. The summed E-state index contributed by atoms with van der Waals surface area (Å²) in [5.41, 5.74) is 1.93. The average Bonchev–Trinajstić information content (AvgIpc) is 2.39. The van der Waals surface area contributed by atoms with E-state index in [1.165, 1.54) is 0 Å². The summed E-state index contributed by atoms with van der Waals surface area (Å²) in [4.78, 5) is 8.61. The highest BCUT2D eigenvalue weighted by molar-refractivity contribution is 14.1. The molecular formula is C14H9BrIN3. The van der Waals surface area contributed by atoms with Gasteiger partial charge in [-0.05, 0) is 59.0 Å². The van der Waals surface area contributed by atoms with Crippen molar-refractivity contribution >= 4 is 60.9 Å². The largest absolute Gasteiger partial charge is 0.340 e. The molecule has 0 spiro atoms. The molecule has 0 saturated heterocycles. The maximum Gasteiger partial charge on any atom is 0.141 e. The summed E-state index contributed by atoms with van der Waals surface area (Å²) in [7, 11) is 0. The van der Waals surface area contributed by atoms with Crippen LogP contribution in [0.15, 0.2) is 53.3 Å². The molecule has 0 radical (unpaired) electrons. The maximum absolute atomic E-state index is 4.33. The molecule has 0 aliphatic carbocycles. The average molecular weight is 426 g/mol. The molecule has 0 unspecified atom stereocenters. The second-order valence-electron chi connectivity index (χ2n) is 4.02. The predicted molar refractivity (Wildman–Crippen MR) is 89.7 cm³/mol. The van der Waals surface area contributed by atoms with E-state index in [1.54, 1.807) is 6.33 Å². The van der Waals surface area contributed by atoms with Crippen molar-refractivity contribution in [2.24, 2.45) is 0 Å². The monoisotopic (exact) mass is 425 g/mol. The van der Waals surface area contributed by atoms with Crippen LogP contribution in [0.25, 0.3) is 10.9 Å². The van der Waals surface area contributed by atoms with Gasteiger partial charge in [0.05, 0.1) is 5.52 Å². The van der Waals surface area contributed by atoms with E-state index in [0.29, 0.717) is 0 Å². The first-order valence-corrected chi connectivity index (χ1v) is 7.52. The minimum Gasteiger partial charge on any atom is -0.340 e. The molecule has 0 aliphatic heterocycles. The highest BCUT2D eigenvalue weighted by Gasteiger charge is 2.04. The zero-order valence-electron chi connectivity index (χ0n) is 9.77. The molecule has 0 amide bonds. The molecule has 2 aromatic carbocycles. The number of hydrogen-bond donors (Lipinski definition) is 1. The van der Waals surface area contributed by atoms with Crippen molar-refractivity contribution in [1.82, 2.24) is 9.97 Å². The molecule has 0 bridgehead atoms. The number of halogens is 2. The Kier molecular flexibility index (Phi) is 3.65. The summed E-state index contributed by atoms with van der Waals surface area (Å²) >= 11 is 5.75. The Labute approximate surface area is 132 Å². The van der Waals surface area contributed by atoms with E-state index in [1.807, 2.05) is 36.4 Å². The van der Waals surface area contributed by atoms with Gasteiger partial charge in [-0.1, -0.05) is 22.0 Å². The fourth-order valence-corrected chi connectivity index (χ4v) is 2.72. The van der Waals surface area contributed by atoms with E-state index in [0.717, 1.165) is 30.5 Å². The summed E-state index contributed by atoms with van der Waals surface area (Å²) in [5.74, 6) is 0.821. The molecule has 0 fully saturated rings. The molecule has 1 heterocycles. The van der Waals surface area contributed by atoms with E-state index in [2.05, 4.69) is 59.9 Å². The number of hydrogen-bond acceptors (Lipinski definition) is 3. The van der Waals surface area contributed by atoms with Gasteiger partial charge in [-0.3, -0.25) is 0 Å². The first-order chi connectivity index (χ1) is 9.22. The molecule has 3 aromatic rings. The van der Waals surface area contributed by atoms with Crippen LogP contribution in [-0.4, -0.2) is 9.97 Å². The molecule has 94 valence electrons. The van der Waals surface area contributed by atoms with Gasteiger partial charge in [0.1, 0.15) is 12.1 Å². The highest BCUT2D eigenvalue weighted by atomic mass is 127. The summed E-state index contributed by atoms with van der Waals surface area (Å²) < 4.78 is 2.20. The van der Waals surface area contributed by atoms with Gasteiger partial charge in [0.15, 0.2) is 0 Å².